The second-order valence-corrected chi connectivity index (χ2v) is 5.10. The van der Waals surface area contributed by atoms with E-state index < -0.39 is 12.0 Å². The fourth-order valence-corrected chi connectivity index (χ4v) is 2.19. The third-order valence-electron chi connectivity index (χ3n) is 3.31. The zero-order valence-corrected chi connectivity index (χ0v) is 13.4. The number of ether oxygens (including phenoxy) is 1. The number of carboxylic acid groups (broad SMARTS) is 1. The maximum atomic E-state index is 10.7. The smallest absolute Gasteiger partial charge is 0.305 e. The highest BCUT2D eigenvalue weighted by atomic mass is 35.5. The summed E-state index contributed by atoms with van der Waals surface area (Å²) in [6, 6.07) is 12.7. The van der Waals surface area contributed by atoms with Gasteiger partial charge in [0.05, 0.1) is 6.42 Å². The number of carbonyl (C=O) groups is 1. The van der Waals surface area contributed by atoms with E-state index in [1.165, 1.54) is 0 Å². The SMILES string of the molecule is Cc1cccc(C)c1Oc1cccc(C(N)CC(=O)O)c1.Cl. The second-order valence-electron chi connectivity index (χ2n) is 5.10. The average molecular weight is 322 g/mol. The lowest BCUT2D eigenvalue weighted by Crippen LogP contribution is -2.14. The molecule has 0 aliphatic rings. The number of aliphatic carboxylic acids is 1. The first-order valence-electron chi connectivity index (χ1n) is 6.79. The normalized spacial score (nSPS) is 11.4. The van der Waals surface area contributed by atoms with Crippen molar-refractivity contribution in [3.63, 3.8) is 0 Å². The maximum Gasteiger partial charge on any atom is 0.305 e. The van der Waals surface area contributed by atoms with Crippen LogP contribution in [0.25, 0.3) is 0 Å². The van der Waals surface area contributed by atoms with Crippen molar-refractivity contribution in [2.45, 2.75) is 26.3 Å². The lowest BCUT2D eigenvalue weighted by molar-refractivity contribution is -0.137. The molecule has 1 unspecified atom stereocenters. The Hall–Kier alpha value is -2.04. The van der Waals surface area contributed by atoms with Gasteiger partial charge < -0.3 is 15.6 Å². The number of aryl methyl sites for hydroxylation is 2. The lowest BCUT2D eigenvalue weighted by atomic mass is 10.0. The predicted molar refractivity (Wildman–Crippen MR) is 88.9 cm³/mol. The molecule has 118 valence electrons. The summed E-state index contributed by atoms with van der Waals surface area (Å²) >= 11 is 0. The quantitative estimate of drug-likeness (QED) is 0.873. The van der Waals surface area contributed by atoms with Gasteiger partial charge in [-0.15, -0.1) is 12.4 Å². The Morgan fingerprint density at radius 2 is 1.77 bits per heavy atom. The minimum atomic E-state index is -0.913. The van der Waals surface area contributed by atoms with Gasteiger partial charge in [-0.25, -0.2) is 0 Å². The molecule has 0 fully saturated rings. The highest BCUT2D eigenvalue weighted by Gasteiger charge is 2.12. The third kappa shape index (κ3) is 4.48. The van der Waals surface area contributed by atoms with Crippen LogP contribution in [0.3, 0.4) is 0 Å². The van der Waals surface area contributed by atoms with Crippen molar-refractivity contribution in [3.8, 4) is 11.5 Å². The van der Waals surface area contributed by atoms with E-state index in [1.54, 1.807) is 6.07 Å². The van der Waals surface area contributed by atoms with Gasteiger partial charge in [0.2, 0.25) is 0 Å². The van der Waals surface area contributed by atoms with Gasteiger partial charge in [0.1, 0.15) is 11.5 Å². The van der Waals surface area contributed by atoms with Gasteiger partial charge in [-0.3, -0.25) is 4.79 Å². The number of carboxylic acids is 1. The van der Waals surface area contributed by atoms with Gasteiger partial charge in [0, 0.05) is 6.04 Å². The first-order valence-corrected chi connectivity index (χ1v) is 6.79. The van der Waals surface area contributed by atoms with E-state index in [2.05, 4.69) is 0 Å². The molecule has 0 radical (unpaired) electrons. The molecule has 0 aromatic heterocycles. The van der Waals surface area contributed by atoms with Crippen molar-refractivity contribution in [2.24, 2.45) is 5.73 Å². The molecular weight excluding hydrogens is 302 g/mol. The molecule has 0 aliphatic carbocycles. The summed E-state index contributed by atoms with van der Waals surface area (Å²) in [6.45, 7) is 3.98. The lowest BCUT2D eigenvalue weighted by Gasteiger charge is -2.14. The molecule has 0 amide bonds. The molecule has 0 bridgehead atoms. The van der Waals surface area contributed by atoms with E-state index >= 15 is 0 Å². The van der Waals surface area contributed by atoms with Crippen LogP contribution in [-0.2, 0) is 4.79 Å². The van der Waals surface area contributed by atoms with Crippen molar-refractivity contribution >= 4 is 18.4 Å². The van der Waals surface area contributed by atoms with Gasteiger partial charge in [-0.1, -0.05) is 30.3 Å². The Bertz CT molecular complexity index is 638. The number of nitrogens with two attached hydrogens (primary N) is 1. The largest absolute Gasteiger partial charge is 0.481 e. The molecule has 4 nitrogen and oxygen atoms in total. The van der Waals surface area contributed by atoms with E-state index in [0.717, 1.165) is 22.4 Å². The van der Waals surface area contributed by atoms with Crippen LogP contribution in [0.5, 0.6) is 11.5 Å². The highest BCUT2D eigenvalue weighted by molar-refractivity contribution is 5.85. The van der Waals surface area contributed by atoms with Crippen molar-refractivity contribution < 1.29 is 14.6 Å². The summed E-state index contributed by atoms with van der Waals surface area (Å²) in [6.07, 6.45) is -0.104. The summed E-state index contributed by atoms with van der Waals surface area (Å²) in [5.41, 5.74) is 8.73. The molecule has 3 N–H and O–H groups in total. The Labute approximate surface area is 136 Å². The van der Waals surface area contributed by atoms with Crippen molar-refractivity contribution in [2.75, 3.05) is 0 Å². The number of hydrogen-bond acceptors (Lipinski definition) is 3. The molecule has 1 atom stereocenters. The molecule has 2 aromatic carbocycles. The second kappa shape index (κ2) is 7.82. The van der Waals surface area contributed by atoms with Crippen LogP contribution < -0.4 is 10.5 Å². The zero-order chi connectivity index (χ0) is 15.4. The standard InChI is InChI=1S/C17H19NO3.ClH/c1-11-5-3-6-12(2)17(11)21-14-8-4-7-13(9-14)15(18)10-16(19)20;/h3-9,15H,10,18H2,1-2H3,(H,19,20);1H. The Morgan fingerprint density at radius 3 is 2.36 bits per heavy atom. The fourth-order valence-electron chi connectivity index (χ4n) is 2.19. The van der Waals surface area contributed by atoms with Crippen LogP contribution in [0.4, 0.5) is 0 Å². The first kappa shape index (κ1) is 18.0. The number of benzene rings is 2. The Morgan fingerprint density at radius 1 is 1.18 bits per heavy atom. The van der Waals surface area contributed by atoms with Crippen molar-refractivity contribution in [1.29, 1.82) is 0 Å². The van der Waals surface area contributed by atoms with Gasteiger partial charge in [0.25, 0.3) is 0 Å². The molecule has 5 heteroatoms. The summed E-state index contributed by atoms with van der Waals surface area (Å²) in [7, 11) is 0. The molecule has 2 aromatic rings. The van der Waals surface area contributed by atoms with E-state index in [9.17, 15) is 4.79 Å². The van der Waals surface area contributed by atoms with Gasteiger partial charge >= 0.3 is 5.97 Å². The topological polar surface area (TPSA) is 72.5 Å². The average Bonchev–Trinajstić information content (AvgIpc) is 2.43. The molecular formula is C17H20ClNO3. The highest BCUT2D eigenvalue weighted by Crippen LogP contribution is 2.30. The summed E-state index contributed by atoms with van der Waals surface area (Å²) in [5, 5.41) is 8.81. The van der Waals surface area contributed by atoms with Gasteiger partial charge in [-0.2, -0.15) is 0 Å². The Balaban J connectivity index is 0.00000242. The minimum Gasteiger partial charge on any atom is -0.481 e. The number of rotatable bonds is 5. The van der Waals surface area contributed by atoms with Gasteiger partial charge in [0.15, 0.2) is 0 Å². The van der Waals surface area contributed by atoms with E-state index in [4.69, 9.17) is 15.6 Å². The number of halogens is 1. The molecule has 0 heterocycles. The van der Waals surface area contributed by atoms with E-state index in [-0.39, 0.29) is 18.8 Å². The Kier molecular flexibility index (Phi) is 6.40. The summed E-state index contributed by atoms with van der Waals surface area (Å²) < 4.78 is 5.93. The maximum absolute atomic E-state index is 10.7. The molecule has 0 spiro atoms. The fraction of sp³-hybridized carbons (Fsp3) is 0.235. The van der Waals surface area contributed by atoms with Crippen LogP contribution in [0.2, 0.25) is 0 Å². The van der Waals surface area contributed by atoms with Crippen LogP contribution in [0, 0.1) is 13.8 Å². The predicted octanol–water partition coefficient (Wildman–Crippen LogP) is 3.99. The molecule has 0 saturated heterocycles. The molecule has 22 heavy (non-hydrogen) atoms. The van der Waals surface area contributed by atoms with Crippen molar-refractivity contribution in [1.82, 2.24) is 0 Å². The summed E-state index contributed by atoms with van der Waals surface area (Å²) in [4.78, 5) is 10.7. The van der Waals surface area contributed by atoms with E-state index in [1.807, 2.05) is 50.2 Å². The van der Waals surface area contributed by atoms with Crippen LogP contribution in [0.1, 0.15) is 29.2 Å². The minimum absolute atomic E-state index is 0. The third-order valence-corrected chi connectivity index (χ3v) is 3.31. The number of hydrogen-bond donors (Lipinski definition) is 2. The molecule has 0 aliphatic heterocycles. The van der Waals surface area contributed by atoms with Crippen LogP contribution >= 0.6 is 12.4 Å². The first-order chi connectivity index (χ1) is 9.97. The molecule has 0 saturated carbocycles. The monoisotopic (exact) mass is 321 g/mol. The number of para-hydroxylation sites is 1. The molecule has 2 rings (SSSR count). The van der Waals surface area contributed by atoms with Crippen LogP contribution in [0.15, 0.2) is 42.5 Å². The van der Waals surface area contributed by atoms with Crippen molar-refractivity contribution in [3.05, 3.63) is 59.2 Å². The van der Waals surface area contributed by atoms with Gasteiger partial charge in [-0.05, 0) is 42.7 Å². The summed E-state index contributed by atoms with van der Waals surface area (Å²) in [5.74, 6) is 0.566. The van der Waals surface area contributed by atoms with E-state index in [0.29, 0.717) is 5.75 Å². The zero-order valence-electron chi connectivity index (χ0n) is 12.6. The van der Waals surface area contributed by atoms with Crippen LogP contribution in [-0.4, -0.2) is 11.1 Å².